The van der Waals surface area contributed by atoms with Gasteiger partial charge < -0.3 is 4.90 Å². The van der Waals surface area contributed by atoms with Gasteiger partial charge in [0.1, 0.15) is 5.69 Å². The predicted octanol–water partition coefficient (Wildman–Crippen LogP) is 2.76. The van der Waals surface area contributed by atoms with Crippen molar-refractivity contribution in [1.29, 1.82) is 0 Å². The Morgan fingerprint density at radius 2 is 1.79 bits per heavy atom. The van der Waals surface area contributed by atoms with Gasteiger partial charge in [0.05, 0.1) is 9.82 Å². The van der Waals surface area contributed by atoms with Crippen LogP contribution < -0.4 is 4.90 Å². The maximum absolute atomic E-state index is 12.7. The topological polar surface area (TPSA) is 83.8 Å². The van der Waals surface area contributed by atoms with Gasteiger partial charge in [-0.1, -0.05) is 0 Å². The van der Waals surface area contributed by atoms with Crippen LogP contribution in [0.25, 0.3) is 0 Å². The molecule has 0 bridgehead atoms. The molecule has 2 fully saturated rings. The van der Waals surface area contributed by atoms with Gasteiger partial charge in [0.25, 0.3) is 5.69 Å². The minimum Gasteiger partial charge on any atom is -0.363 e. The van der Waals surface area contributed by atoms with Crippen LogP contribution in [0.5, 0.6) is 0 Å². The maximum Gasteiger partial charge on any atom is 0.293 e. The largest absolute Gasteiger partial charge is 0.363 e. The Hall–Kier alpha value is -1.67. The number of benzene rings is 1. The van der Waals surface area contributed by atoms with E-state index in [1.54, 1.807) is 6.07 Å². The van der Waals surface area contributed by atoms with Crippen LogP contribution in [0.3, 0.4) is 0 Å². The van der Waals surface area contributed by atoms with Gasteiger partial charge in [-0.05, 0) is 51.2 Å². The summed E-state index contributed by atoms with van der Waals surface area (Å²) in [5.74, 6) is 0. The lowest BCUT2D eigenvalue weighted by Gasteiger charge is -2.35. The van der Waals surface area contributed by atoms with E-state index in [1.807, 2.05) is 4.90 Å². The molecular weight excluding hydrogens is 330 g/mol. The van der Waals surface area contributed by atoms with Crippen molar-refractivity contribution in [1.82, 2.24) is 4.31 Å². The number of anilines is 1. The first-order chi connectivity index (χ1) is 11.4. The number of nitrogens with zero attached hydrogens (tertiary/aromatic N) is 3. The van der Waals surface area contributed by atoms with E-state index in [9.17, 15) is 18.5 Å². The predicted molar refractivity (Wildman–Crippen MR) is 91.7 cm³/mol. The Morgan fingerprint density at radius 3 is 2.42 bits per heavy atom. The molecule has 0 radical (unpaired) electrons. The summed E-state index contributed by atoms with van der Waals surface area (Å²) in [6, 6.07) is 4.56. The number of rotatable bonds is 4. The lowest BCUT2D eigenvalue weighted by atomic mass is 10.0. The molecule has 0 amide bonds. The highest BCUT2D eigenvalue weighted by molar-refractivity contribution is 7.89. The molecular formula is C16H23N3O4S. The Balaban J connectivity index is 2.00. The summed E-state index contributed by atoms with van der Waals surface area (Å²) in [5, 5.41) is 11.5. The summed E-state index contributed by atoms with van der Waals surface area (Å²) in [5.41, 5.74) is 0.400. The third-order valence-electron chi connectivity index (χ3n) is 4.96. The zero-order chi connectivity index (χ0) is 17.3. The molecule has 2 aliphatic heterocycles. The number of piperidine rings is 1. The quantitative estimate of drug-likeness (QED) is 0.614. The second-order valence-electron chi connectivity index (χ2n) is 6.56. The monoisotopic (exact) mass is 353 g/mol. The first-order valence-electron chi connectivity index (χ1n) is 8.46. The van der Waals surface area contributed by atoms with Crippen molar-refractivity contribution in [2.24, 2.45) is 0 Å². The average Bonchev–Trinajstić information content (AvgIpc) is 3.10. The smallest absolute Gasteiger partial charge is 0.293 e. The van der Waals surface area contributed by atoms with Crippen LogP contribution in [0.1, 0.15) is 39.0 Å². The Bertz CT molecular complexity index is 729. The van der Waals surface area contributed by atoms with Crippen molar-refractivity contribution >= 4 is 21.4 Å². The van der Waals surface area contributed by atoms with Gasteiger partial charge in [-0.25, -0.2) is 8.42 Å². The highest BCUT2D eigenvalue weighted by Gasteiger charge is 2.31. The summed E-state index contributed by atoms with van der Waals surface area (Å²) in [6.07, 6.45) is 4.78. The van der Waals surface area contributed by atoms with Crippen molar-refractivity contribution < 1.29 is 13.3 Å². The summed E-state index contributed by atoms with van der Waals surface area (Å²) < 4.78 is 26.7. The first-order valence-corrected chi connectivity index (χ1v) is 9.90. The van der Waals surface area contributed by atoms with Crippen LogP contribution in [0, 0.1) is 10.1 Å². The zero-order valence-electron chi connectivity index (χ0n) is 13.8. The molecule has 2 saturated heterocycles. The number of nitro groups is 1. The van der Waals surface area contributed by atoms with Crippen LogP contribution in [0.4, 0.5) is 11.4 Å². The fourth-order valence-electron chi connectivity index (χ4n) is 3.59. The molecule has 0 saturated carbocycles. The van der Waals surface area contributed by atoms with Crippen LogP contribution >= 0.6 is 0 Å². The Morgan fingerprint density at radius 1 is 1.12 bits per heavy atom. The molecule has 132 valence electrons. The van der Waals surface area contributed by atoms with E-state index < -0.39 is 14.9 Å². The van der Waals surface area contributed by atoms with Crippen molar-refractivity contribution in [2.75, 3.05) is 24.5 Å². The van der Waals surface area contributed by atoms with Gasteiger partial charge in [-0.15, -0.1) is 0 Å². The molecule has 0 aromatic heterocycles. The maximum atomic E-state index is 12.7. The van der Waals surface area contributed by atoms with E-state index in [4.69, 9.17) is 0 Å². The Kier molecular flexibility index (Phi) is 4.78. The molecule has 24 heavy (non-hydrogen) atoms. The van der Waals surface area contributed by atoms with Crippen LogP contribution in [-0.4, -0.2) is 43.3 Å². The number of hydrogen-bond donors (Lipinski definition) is 0. The Labute approximate surface area is 142 Å². The molecule has 0 aliphatic carbocycles. The van der Waals surface area contributed by atoms with Crippen LogP contribution in [0.15, 0.2) is 23.1 Å². The molecule has 3 rings (SSSR count). The first kappa shape index (κ1) is 17.2. The van der Waals surface area contributed by atoms with E-state index in [2.05, 4.69) is 6.92 Å². The SMILES string of the molecule is C[C@@H]1CCCCN1c1ccc(S(=O)(=O)N2CCCC2)cc1[N+](=O)[O-]. The van der Waals surface area contributed by atoms with Crippen LogP contribution in [-0.2, 0) is 10.0 Å². The van der Waals surface area contributed by atoms with E-state index in [-0.39, 0.29) is 16.6 Å². The second kappa shape index (κ2) is 6.68. The van der Waals surface area contributed by atoms with E-state index in [0.717, 1.165) is 38.6 Å². The minimum atomic E-state index is -3.65. The van der Waals surface area contributed by atoms with Crippen molar-refractivity contribution in [3.8, 4) is 0 Å². The number of hydrogen-bond acceptors (Lipinski definition) is 5. The molecule has 0 N–H and O–H groups in total. The van der Waals surface area contributed by atoms with Gasteiger partial charge in [0.15, 0.2) is 0 Å². The van der Waals surface area contributed by atoms with Crippen molar-refractivity contribution in [2.45, 2.75) is 50.0 Å². The van der Waals surface area contributed by atoms with E-state index in [1.165, 1.54) is 16.4 Å². The highest BCUT2D eigenvalue weighted by atomic mass is 32.2. The van der Waals surface area contributed by atoms with Gasteiger partial charge in [0.2, 0.25) is 10.0 Å². The van der Waals surface area contributed by atoms with Crippen molar-refractivity contribution in [3.05, 3.63) is 28.3 Å². The minimum absolute atomic E-state index is 0.0181. The number of sulfonamides is 1. The highest BCUT2D eigenvalue weighted by Crippen LogP contribution is 2.35. The average molecular weight is 353 g/mol. The van der Waals surface area contributed by atoms with Gasteiger partial charge in [0, 0.05) is 31.7 Å². The van der Waals surface area contributed by atoms with Gasteiger partial charge >= 0.3 is 0 Å². The molecule has 0 unspecified atom stereocenters. The van der Waals surface area contributed by atoms with Gasteiger partial charge in [-0.3, -0.25) is 10.1 Å². The van der Waals surface area contributed by atoms with Crippen molar-refractivity contribution in [3.63, 3.8) is 0 Å². The zero-order valence-corrected chi connectivity index (χ0v) is 14.7. The standard InChI is InChI=1S/C16H23N3O4S/c1-13-6-2-3-11-18(13)15-8-7-14(12-16(15)19(20)21)24(22,23)17-9-4-5-10-17/h7-8,12-13H,2-6,9-11H2,1H3/t13-/m1/s1. The number of nitro benzene ring substituents is 1. The van der Waals surface area contributed by atoms with E-state index in [0.29, 0.717) is 18.8 Å². The molecule has 2 aliphatic rings. The summed E-state index contributed by atoms with van der Waals surface area (Å²) in [4.78, 5) is 13.1. The fourth-order valence-corrected chi connectivity index (χ4v) is 5.12. The molecule has 1 atom stereocenters. The molecule has 1 aromatic carbocycles. The molecule has 0 spiro atoms. The van der Waals surface area contributed by atoms with Crippen LogP contribution in [0.2, 0.25) is 0 Å². The second-order valence-corrected chi connectivity index (χ2v) is 8.49. The third-order valence-corrected chi connectivity index (χ3v) is 6.85. The molecule has 8 heteroatoms. The lowest BCUT2D eigenvalue weighted by Crippen LogP contribution is -2.37. The summed E-state index contributed by atoms with van der Waals surface area (Å²) >= 11 is 0. The van der Waals surface area contributed by atoms with Gasteiger partial charge in [-0.2, -0.15) is 4.31 Å². The molecule has 2 heterocycles. The lowest BCUT2D eigenvalue weighted by molar-refractivity contribution is -0.384. The third kappa shape index (κ3) is 3.12. The van der Waals surface area contributed by atoms with E-state index >= 15 is 0 Å². The summed E-state index contributed by atoms with van der Waals surface area (Å²) in [7, 11) is -3.65. The molecule has 1 aromatic rings. The summed E-state index contributed by atoms with van der Waals surface area (Å²) in [6.45, 7) is 3.79. The fraction of sp³-hybridized carbons (Fsp3) is 0.625. The molecule has 7 nitrogen and oxygen atoms in total. The normalized spacial score (nSPS) is 22.7.